The number of halogens is 3. The maximum Gasteiger partial charge on any atom is 0.416 e. The van der Waals surface area contributed by atoms with Crippen LogP contribution in [0.15, 0.2) is 42.6 Å². The normalized spacial score (nSPS) is 11.4. The molecule has 3 nitrogen and oxygen atoms in total. The van der Waals surface area contributed by atoms with Crippen LogP contribution in [0.25, 0.3) is 0 Å². The maximum atomic E-state index is 12.5. The maximum absolute atomic E-state index is 12.5. The van der Waals surface area contributed by atoms with Gasteiger partial charge in [0.2, 0.25) is 5.78 Å². The first-order valence-corrected chi connectivity index (χ1v) is 5.82. The van der Waals surface area contributed by atoms with Gasteiger partial charge in [0.05, 0.1) is 11.3 Å². The molecule has 20 heavy (non-hydrogen) atoms. The van der Waals surface area contributed by atoms with Crippen LogP contribution in [0.2, 0.25) is 0 Å². The summed E-state index contributed by atoms with van der Waals surface area (Å²) in [6, 6.07) is 7.78. The number of carbonyl (C=O) groups is 1. The summed E-state index contributed by atoms with van der Waals surface area (Å²) in [5.74, 6) is -0.280. The van der Waals surface area contributed by atoms with Gasteiger partial charge in [-0.15, -0.1) is 0 Å². The summed E-state index contributed by atoms with van der Waals surface area (Å²) in [4.78, 5) is 11.8. The van der Waals surface area contributed by atoms with Crippen molar-refractivity contribution in [3.8, 4) is 5.75 Å². The molecular weight excluding hydrogens is 271 g/mol. The van der Waals surface area contributed by atoms with E-state index in [1.807, 2.05) is 0 Å². The highest BCUT2D eigenvalue weighted by Crippen LogP contribution is 2.31. The summed E-state index contributed by atoms with van der Waals surface area (Å²) in [6.45, 7) is -0.306. The summed E-state index contributed by atoms with van der Waals surface area (Å²) in [5.41, 5.74) is -0.363. The Labute approximate surface area is 113 Å². The number of Topliss-reactive ketones (excluding diaryl/α,β-unsaturated/α-hetero) is 1. The molecule has 2 rings (SSSR count). The van der Waals surface area contributed by atoms with E-state index in [4.69, 9.17) is 4.74 Å². The molecule has 0 unspecified atom stereocenters. The van der Waals surface area contributed by atoms with Gasteiger partial charge in [-0.3, -0.25) is 4.79 Å². The Morgan fingerprint density at radius 3 is 2.60 bits per heavy atom. The van der Waals surface area contributed by atoms with E-state index in [1.165, 1.54) is 12.1 Å². The van der Waals surface area contributed by atoms with Gasteiger partial charge >= 0.3 is 6.18 Å². The van der Waals surface area contributed by atoms with Crippen molar-refractivity contribution in [3.05, 3.63) is 53.9 Å². The lowest BCUT2D eigenvalue weighted by Gasteiger charge is -2.10. The predicted molar refractivity (Wildman–Crippen MR) is 66.7 cm³/mol. The monoisotopic (exact) mass is 283 g/mol. The van der Waals surface area contributed by atoms with Crippen molar-refractivity contribution in [1.29, 1.82) is 0 Å². The van der Waals surface area contributed by atoms with E-state index >= 15 is 0 Å². The first-order chi connectivity index (χ1) is 9.38. The molecule has 0 radical (unpaired) electrons. The van der Waals surface area contributed by atoms with Gasteiger partial charge in [-0.25, -0.2) is 0 Å². The Bertz CT molecular complexity index is 617. The molecule has 0 aliphatic heterocycles. The van der Waals surface area contributed by atoms with E-state index in [-0.39, 0.29) is 18.1 Å². The number of rotatable bonds is 4. The van der Waals surface area contributed by atoms with Crippen LogP contribution in [0.1, 0.15) is 16.1 Å². The molecular formula is C14H12F3NO2. The zero-order valence-electron chi connectivity index (χ0n) is 10.6. The average molecular weight is 283 g/mol. The van der Waals surface area contributed by atoms with Gasteiger partial charge in [-0.1, -0.05) is 6.07 Å². The van der Waals surface area contributed by atoms with Gasteiger partial charge in [0, 0.05) is 13.2 Å². The quantitative estimate of drug-likeness (QED) is 0.806. The Morgan fingerprint density at radius 1 is 1.25 bits per heavy atom. The number of aryl methyl sites for hydroxylation is 1. The summed E-state index contributed by atoms with van der Waals surface area (Å²) in [6.07, 6.45) is -2.72. The molecule has 6 heteroatoms. The highest BCUT2D eigenvalue weighted by Gasteiger charge is 2.30. The number of benzene rings is 1. The van der Waals surface area contributed by atoms with Crippen molar-refractivity contribution in [3.63, 3.8) is 0 Å². The summed E-state index contributed by atoms with van der Waals surface area (Å²) < 4.78 is 44.3. The Hall–Kier alpha value is -2.24. The van der Waals surface area contributed by atoms with Crippen LogP contribution in [0.3, 0.4) is 0 Å². The number of nitrogens with zero attached hydrogens (tertiary/aromatic N) is 1. The average Bonchev–Trinajstić information content (AvgIpc) is 2.82. The molecule has 1 heterocycles. The molecule has 0 saturated carbocycles. The Morgan fingerprint density at radius 2 is 2.00 bits per heavy atom. The van der Waals surface area contributed by atoms with Crippen molar-refractivity contribution in [1.82, 2.24) is 4.57 Å². The minimum atomic E-state index is -4.43. The second-order valence-corrected chi connectivity index (χ2v) is 4.24. The number of hydrogen-bond acceptors (Lipinski definition) is 2. The zero-order valence-corrected chi connectivity index (χ0v) is 10.6. The first-order valence-electron chi connectivity index (χ1n) is 5.82. The van der Waals surface area contributed by atoms with E-state index in [0.29, 0.717) is 5.69 Å². The van der Waals surface area contributed by atoms with Crippen molar-refractivity contribution in [2.75, 3.05) is 6.61 Å². The van der Waals surface area contributed by atoms with Crippen LogP contribution in [0, 0.1) is 0 Å². The van der Waals surface area contributed by atoms with Gasteiger partial charge in [0.15, 0.2) is 6.61 Å². The second kappa shape index (κ2) is 5.40. The largest absolute Gasteiger partial charge is 0.485 e. The van der Waals surface area contributed by atoms with Crippen LogP contribution in [-0.2, 0) is 13.2 Å². The Balaban J connectivity index is 2.05. The van der Waals surface area contributed by atoms with Gasteiger partial charge in [0.25, 0.3) is 0 Å². The van der Waals surface area contributed by atoms with Crippen LogP contribution < -0.4 is 4.74 Å². The topological polar surface area (TPSA) is 31.2 Å². The molecule has 0 spiro atoms. The van der Waals surface area contributed by atoms with Crippen LogP contribution in [0.4, 0.5) is 13.2 Å². The van der Waals surface area contributed by atoms with Gasteiger partial charge in [-0.2, -0.15) is 13.2 Å². The molecule has 0 amide bonds. The third kappa shape index (κ3) is 3.20. The third-order valence-electron chi connectivity index (χ3n) is 2.76. The van der Waals surface area contributed by atoms with E-state index in [9.17, 15) is 18.0 Å². The molecule has 1 aromatic heterocycles. The lowest BCUT2D eigenvalue weighted by molar-refractivity contribution is -0.137. The molecule has 0 aliphatic carbocycles. The van der Waals surface area contributed by atoms with Crippen molar-refractivity contribution in [2.45, 2.75) is 6.18 Å². The van der Waals surface area contributed by atoms with Crippen LogP contribution in [0.5, 0.6) is 5.75 Å². The van der Waals surface area contributed by atoms with Crippen molar-refractivity contribution < 1.29 is 22.7 Å². The molecule has 106 valence electrons. The molecule has 0 N–H and O–H groups in total. The fraction of sp³-hybridized carbons (Fsp3) is 0.214. The van der Waals surface area contributed by atoms with Crippen LogP contribution >= 0.6 is 0 Å². The first kappa shape index (κ1) is 14.2. The van der Waals surface area contributed by atoms with Crippen molar-refractivity contribution >= 4 is 5.78 Å². The minimum Gasteiger partial charge on any atom is -0.485 e. The Kier molecular flexibility index (Phi) is 3.83. The lowest BCUT2D eigenvalue weighted by atomic mass is 10.2. The summed E-state index contributed by atoms with van der Waals surface area (Å²) >= 11 is 0. The molecule has 2 aromatic rings. The fourth-order valence-corrected chi connectivity index (χ4v) is 1.74. The fourth-order valence-electron chi connectivity index (χ4n) is 1.74. The van der Waals surface area contributed by atoms with E-state index in [0.717, 1.165) is 12.1 Å². The third-order valence-corrected chi connectivity index (χ3v) is 2.76. The smallest absolute Gasteiger partial charge is 0.416 e. The summed E-state index contributed by atoms with van der Waals surface area (Å²) in [7, 11) is 1.71. The number of alkyl halides is 3. The number of ketones is 1. The molecule has 0 aliphatic rings. The van der Waals surface area contributed by atoms with Gasteiger partial charge in [-0.05, 0) is 30.3 Å². The zero-order chi connectivity index (χ0) is 14.8. The number of carbonyl (C=O) groups excluding carboxylic acids is 1. The molecule has 0 bridgehead atoms. The number of hydrogen-bond donors (Lipinski definition) is 0. The van der Waals surface area contributed by atoms with E-state index in [2.05, 4.69) is 0 Å². The van der Waals surface area contributed by atoms with Gasteiger partial charge < -0.3 is 9.30 Å². The number of aromatic nitrogens is 1. The number of ether oxygens (including phenoxy) is 1. The molecule has 1 aromatic carbocycles. The molecule has 0 fully saturated rings. The second-order valence-electron chi connectivity index (χ2n) is 4.24. The lowest BCUT2D eigenvalue weighted by Crippen LogP contribution is -2.15. The van der Waals surface area contributed by atoms with E-state index in [1.54, 1.807) is 29.9 Å². The predicted octanol–water partition coefficient (Wildman–Crippen LogP) is 3.31. The minimum absolute atomic E-state index is 0.0161. The standard InChI is InChI=1S/C14H12F3NO2/c1-18-7-3-6-12(18)13(19)9-20-11-5-2-4-10(8-11)14(15,16)17/h2-8H,9H2,1H3. The summed E-state index contributed by atoms with van der Waals surface area (Å²) in [5, 5.41) is 0. The van der Waals surface area contributed by atoms with Crippen LogP contribution in [-0.4, -0.2) is 17.0 Å². The molecule has 0 saturated heterocycles. The SMILES string of the molecule is Cn1cccc1C(=O)COc1cccc(C(F)(F)F)c1. The van der Waals surface area contributed by atoms with E-state index < -0.39 is 11.7 Å². The highest BCUT2D eigenvalue weighted by atomic mass is 19.4. The molecule has 0 atom stereocenters. The highest BCUT2D eigenvalue weighted by molar-refractivity contribution is 5.95. The van der Waals surface area contributed by atoms with Gasteiger partial charge in [0.1, 0.15) is 5.75 Å². The van der Waals surface area contributed by atoms with Crippen molar-refractivity contribution in [2.24, 2.45) is 7.05 Å².